The van der Waals surface area contributed by atoms with E-state index >= 15 is 0 Å². The molecule has 1 atom stereocenters. The van der Waals surface area contributed by atoms with Crippen molar-refractivity contribution in [3.8, 4) is 0 Å². The first kappa shape index (κ1) is 12.6. The molecule has 0 aliphatic rings. The quantitative estimate of drug-likeness (QED) is 0.819. The molecule has 2 N–H and O–H groups in total. The smallest absolute Gasteiger partial charge is 0.254 e. The Bertz CT molecular complexity index is 375. The predicted octanol–water partition coefficient (Wildman–Crippen LogP) is 1.72. The summed E-state index contributed by atoms with van der Waals surface area (Å²) < 4.78 is 13.3. The molecule has 16 heavy (non-hydrogen) atoms. The molecule has 1 aromatic carbocycles. The number of hydrogen-bond acceptors (Lipinski definition) is 2. The highest BCUT2D eigenvalue weighted by Crippen LogP contribution is 2.11. The lowest BCUT2D eigenvalue weighted by atomic mass is 9.99. The lowest BCUT2D eigenvalue weighted by molar-refractivity contribution is 0.0843. The fraction of sp³-hybridized carbons (Fsp3) is 0.417. The Labute approximate surface area is 94.3 Å². The SMILES string of the molecule is CCC(C)(CO)NC(=O)c1ccccc1F. The van der Waals surface area contributed by atoms with E-state index in [0.29, 0.717) is 6.42 Å². The zero-order valence-corrected chi connectivity index (χ0v) is 9.46. The van der Waals surface area contributed by atoms with Gasteiger partial charge < -0.3 is 10.4 Å². The summed E-state index contributed by atoms with van der Waals surface area (Å²) in [6, 6.07) is 5.77. The lowest BCUT2D eigenvalue weighted by Gasteiger charge is -2.27. The normalized spacial score (nSPS) is 14.2. The first-order chi connectivity index (χ1) is 7.52. The van der Waals surface area contributed by atoms with Gasteiger partial charge in [-0.1, -0.05) is 19.1 Å². The van der Waals surface area contributed by atoms with Gasteiger partial charge in [0.25, 0.3) is 5.91 Å². The van der Waals surface area contributed by atoms with Crippen LogP contribution in [0.4, 0.5) is 4.39 Å². The summed E-state index contributed by atoms with van der Waals surface area (Å²) >= 11 is 0. The van der Waals surface area contributed by atoms with Crippen molar-refractivity contribution in [2.75, 3.05) is 6.61 Å². The first-order valence-corrected chi connectivity index (χ1v) is 5.20. The lowest BCUT2D eigenvalue weighted by Crippen LogP contribution is -2.48. The van der Waals surface area contributed by atoms with Crippen molar-refractivity contribution < 1.29 is 14.3 Å². The zero-order valence-electron chi connectivity index (χ0n) is 9.46. The Morgan fingerprint density at radius 3 is 2.62 bits per heavy atom. The van der Waals surface area contributed by atoms with Crippen LogP contribution < -0.4 is 5.32 Å². The molecule has 1 unspecified atom stereocenters. The molecule has 0 saturated heterocycles. The number of carbonyl (C=O) groups excluding carboxylic acids is 1. The van der Waals surface area contributed by atoms with Crippen LogP contribution in [-0.2, 0) is 0 Å². The molecule has 0 aromatic heterocycles. The van der Waals surface area contributed by atoms with Crippen molar-refractivity contribution in [1.29, 1.82) is 0 Å². The van der Waals surface area contributed by atoms with Gasteiger partial charge in [0.2, 0.25) is 0 Å². The molecular formula is C12H16FNO2. The van der Waals surface area contributed by atoms with Crippen LogP contribution >= 0.6 is 0 Å². The van der Waals surface area contributed by atoms with Crippen LogP contribution in [0.25, 0.3) is 0 Å². The topological polar surface area (TPSA) is 49.3 Å². The number of amides is 1. The molecule has 1 aromatic rings. The molecule has 0 heterocycles. The van der Waals surface area contributed by atoms with Crippen molar-refractivity contribution in [2.24, 2.45) is 0 Å². The van der Waals surface area contributed by atoms with Crippen LogP contribution in [0.1, 0.15) is 30.6 Å². The largest absolute Gasteiger partial charge is 0.394 e. The molecule has 0 saturated carbocycles. The zero-order chi connectivity index (χ0) is 12.2. The third-order valence-corrected chi connectivity index (χ3v) is 2.66. The average Bonchev–Trinajstić information content (AvgIpc) is 2.29. The van der Waals surface area contributed by atoms with E-state index in [1.807, 2.05) is 6.92 Å². The van der Waals surface area contributed by atoms with E-state index in [9.17, 15) is 9.18 Å². The summed E-state index contributed by atoms with van der Waals surface area (Å²) in [7, 11) is 0. The van der Waals surface area contributed by atoms with Crippen molar-refractivity contribution >= 4 is 5.91 Å². The molecular weight excluding hydrogens is 209 g/mol. The number of rotatable bonds is 4. The molecule has 88 valence electrons. The van der Waals surface area contributed by atoms with E-state index in [0.717, 1.165) is 0 Å². The van der Waals surface area contributed by atoms with Gasteiger partial charge in [-0.3, -0.25) is 4.79 Å². The molecule has 3 nitrogen and oxygen atoms in total. The number of aliphatic hydroxyl groups excluding tert-OH is 1. The molecule has 0 fully saturated rings. The van der Waals surface area contributed by atoms with E-state index < -0.39 is 17.3 Å². The Hall–Kier alpha value is -1.42. The van der Waals surface area contributed by atoms with E-state index in [4.69, 9.17) is 5.11 Å². The highest BCUT2D eigenvalue weighted by molar-refractivity contribution is 5.94. The molecule has 4 heteroatoms. The fourth-order valence-corrected chi connectivity index (χ4v) is 1.23. The Balaban J connectivity index is 2.84. The minimum atomic E-state index is -0.709. The van der Waals surface area contributed by atoms with Crippen molar-refractivity contribution in [3.05, 3.63) is 35.6 Å². The van der Waals surface area contributed by atoms with Gasteiger partial charge in [0, 0.05) is 0 Å². The van der Waals surface area contributed by atoms with E-state index in [1.165, 1.54) is 18.2 Å². The van der Waals surface area contributed by atoms with Crippen LogP contribution in [0.5, 0.6) is 0 Å². The molecule has 1 amide bonds. The summed E-state index contributed by atoms with van der Waals surface area (Å²) in [4.78, 5) is 11.7. The third kappa shape index (κ3) is 2.79. The second-order valence-corrected chi connectivity index (χ2v) is 4.01. The molecule has 0 spiro atoms. The molecule has 0 bridgehead atoms. The Kier molecular flexibility index (Phi) is 4.01. The second-order valence-electron chi connectivity index (χ2n) is 4.01. The summed E-state index contributed by atoms with van der Waals surface area (Å²) in [6.07, 6.45) is 0.573. The van der Waals surface area contributed by atoms with Crippen LogP contribution in [0.3, 0.4) is 0 Å². The van der Waals surface area contributed by atoms with E-state index in [2.05, 4.69) is 5.32 Å². The van der Waals surface area contributed by atoms with Gasteiger partial charge in [-0.15, -0.1) is 0 Å². The van der Waals surface area contributed by atoms with Gasteiger partial charge in [0.15, 0.2) is 0 Å². The maximum atomic E-state index is 13.3. The highest BCUT2D eigenvalue weighted by Gasteiger charge is 2.24. The maximum absolute atomic E-state index is 13.3. The number of benzene rings is 1. The fourth-order valence-electron chi connectivity index (χ4n) is 1.23. The van der Waals surface area contributed by atoms with Gasteiger partial charge in [-0.2, -0.15) is 0 Å². The molecule has 0 aliphatic carbocycles. The number of hydrogen-bond donors (Lipinski definition) is 2. The summed E-state index contributed by atoms with van der Waals surface area (Å²) in [6.45, 7) is 3.38. The van der Waals surface area contributed by atoms with Gasteiger partial charge in [0.05, 0.1) is 17.7 Å². The second kappa shape index (κ2) is 5.07. The highest BCUT2D eigenvalue weighted by atomic mass is 19.1. The Morgan fingerprint density at radius 1 is 1.50 bits per heavy atom. The van der Waals surface area contributed by atoms with Crippen molar-refractivity contribution in [2.45, 2.75) is 25.8 Å². The molecule has 0 aliphatic heterocycles. The van der Waals surface area contributed by atoms with Crippen LogP contribution in [0, 0.1) is 5.82 Å². The minimum Gasteiger partial charge on any atom is -0.394 e. The summed E-state index contributed by atoms with van der Waals surface area (Å²) in [5.41, 5.74) is -0.713. The number of halogens is 1. The summed E-state index contributed by atoms with van der Waals surface area (Å²) in [5.74, 6) is -1.06. The monoisotopic (exact) mass is 225 g/mol. The Morgan fingerprint density at radius 2 is 2.12 bits per heavy atom. The van der Waals surface area contributed by atoms with Gasteiger partial charge >= 0.3 is 0 Å². The third-order valence-electron chi connectivity index (χ3n) is 2.66. The summed E-state index contributed by atoms with van der Waals surface area (Å²) in [5, 5.41) is 11.8. The van der Waals surface area contributed by atoms with Gasteiger partial charge in [0.1, 0.15) is 5.82 Å². The maximum Gasteiger partial charge on any atom is 0.254 e. The number of aliphatic hydroxyl groups is 1. The van der Waals surface area contributed by atoms with Crippen molar-refractivity contribution in [3.63, 3.8) is 0 Å². The minimum absolute atomic E-state index is 0.00405. The van der Waals surface area contributed by atoms with Crippen LogP contribution in [0.2, 0.25) is 0 Å². The van der Waals surface area contributed by atoms with Gasteiger partial charge in [-0.05, 0) is 25.5 Å². The standard InChI is InChI=1S/C12H16FNO2/c1-3-12(2,8-15)14-11(16)9-6-4-5-7-10(9)13/h4-7,15H,3,8H2,1-2H3,(H,14,16). The van der Waals surface area contributed by atoms with Crippen molar-refractivity contribution in [1.82, 2.24) is 5.32 Å². The average molecular weight is 225 g/mol. The predicted molar refractivity (Wildman–Crippen MR) is 59.6 cm³/mol. The number of carbonyl (C=O) groups is 1. The van der Waals surface area contributed by atoms with Crippen LogP contribution in [0.15, 0.2) is 24.3 Å². The molecule has 1 rings (SSSR count). The van der Waals surface area contributed by atoms with E-state index in [1.54, 1.807) is 13.0 Å². The molecule has 0 radical (unpaired) electrons. The van der Waals surface area contributed by atoms with Crippen LogP contribution in [-0.4, -0.2) is 23.2 Å². The van der Waals surface area contributed by atoms with Gasteiger partial charge in [-0.25, -0.2) is 4.39 Å². The number of nitrogens with one attached hydrogen (secondary N) is 1. The first-order valence-electron chi connectivity index (χ1n) is 5.20. The van der Waals surface area contributed by atoms with E-state index in [-0.39, 0.29) is 12.2 Å².